The van der Waals surface area contributed by atoms with Gasteiger partial charge in [0.1, 0.15) is 4.90 Å². The van der Waals surface area contributed by atoms with Gasteiger partial charge in [0.05, 0.1) is 11.3 Å². The van der Waals surface area contributed by atoms with Crippen molar-refractivity contribution in [1.82, 2.24) is 4.72 Å². The highest BCUT2D eigenvalue weighted by atomic mass is 32.2. The van der Waals surface area contributed by atoms with Gasteiger partial charge in [0.15, 0.2) is 0 Å². The summed E-state index contributed by atoms with van der Waals surface area (Å²) in [6.07, 6.45) is 0.657. The minimum atomic E-state index is -3.76. The molecule has 0 aliphatic rings. The zero-order valence-electron chi connectivity index (χ0n) is 11.8. The predicted octanol–water partition coefficient (Wildman–Crippen LogP) is 1.68. The van der Waals surface area contributed by atoms with Gasteiger partial charge in [-0.2, -0.15) is 0 Å². The van der Waals surface area contributed by atoms with Crippen LogP contribution in [0.3, 0.4) is 0 Å². The number of carboxylic acids is 1. The Labute approximate surface area is 119 Å². The molecule has 0 saturated carbocycles. The van der Waals surface area contributed by atoms with Gasteiger partial charge in [0.2, 0.25) is 10.0 Å². The quantitative estimate of drug-likeness (QED) is 0.692. The molecule has 1 atom stereocenters. The summed E-state index contributed by atoms with van der Waals surface area (Å²) in [6, 6.07) is 3.39. The van der Waals surface area contributed by atoms with Crippen LogP contribution in [0.25, 0.3) is 0 Å². The fourth-order valence-electron chi connectivity index (χ4n) is 1.88. The number of sulfonamides is 1. The van der Waals surface area contributed by atoms with Gasteiger partial charge in [0, 0.05) is 6.04 Å². The third kappa shape index (κ3) is 3.71. The first-order valence-corrected chi connectivity index (χ1v) is 7.82. The van der Waals surface area contributed by atoms with Gasteiger partial charge in [-0.05, 0) is 30.5 Å². The second-order valence-electron chi connectivity index (χ2n) is 4.94. The maximum Gasteiger partial charge on any atom is 0.335 e. The van der Waals surface area contributed by atoms with Crippen molar-refractivity contribution in [3.8, 4) is 0 Å². The molecule has 0 amide bonds. The summed E-state index contributed by atoms with van der Waals surface area (Å²) in [5, 5.41) is 8.84. The first kappa shape index (κ1) is 16.5. The molecule has 0 fully saturated rings. The molecule has 0 heterocycles. The van der Waals surface area contributed by atoms with Gasteiger partial charge in [-0.25, -0.2) is 17.9 Å². The zero-order valence-corrected chi connectivity index (χ0v) is 12.6. The van der Waals surface area contributed by atoms with E-state index in [0.717, 1.165) is 6.07 Å². The van der Waals surface area contributed by atoms with Crippen molar-refractivity contribution < 1.29 is 18.3 Å². The summed E-state index contributed by atoms with van der Waals surface area (Å²) >= 11 is 0. The minimum Gasteiger partial charge on any atom is -0.478 e. The van der Waals surface area contributed by atoms with Gasteiger partial charge in [0.25, 0.3) is 0 Å². The van der Waals surface area contributed by atoms with E-state index in [-0.39, 0.29) is 28.1 Å². The molecule has 0 saturated heterocycles. The Hall–Kier alpha value is -1.60. The van der Waals surface area contributed by atoms with Crippen LogP contribution in [-0.4, -0.2) is 25.5 Å². The smallest absolute Gasteiger partial charge is 0.335 e. The van der Waals surface area contributed by atoms with Crippen LogP contribution in [0, 0.1) is 5.92 Å². The summed E-state index contributed by atoms with van der Waals surface area (Å²) in [5.41, 5.74) is 5.54. The van der Waals surface area contributed by atoms with Gasteiger partial charge >= 0.3 is 5.97 Å². The lowest BCUT2D eigenvalue weighted by Crippen LogP contribution is -2.38. The van der Waals surface area contributed by atoms with E-state index in [1.165, 1.54) is 12.1 Å². The Morgan fingerprint density at radius 1 is 1.40 bits per heavy atom. The van der Waals surface area contributed by atoms with Crippen LogP contribution in [0.15, 0.2) is 23.1 Å². The van der Waals surface area contributed by atoms with Gasteiger partial charge in [-0.3, -0.25) is 0 Å². The molecule has 112 valence electrons. The number of hydrogen-bond donors (Lipinski definition) is 3. The molecule has 1 aromatic rings. The van der Waals surface area contributed by atoms with E-state index in [1.807, 2.05) is 20.8 Å². The van der Waals surface area contributed by atoms with E-state index in [0.29, 0.717) is 6.42 Å². The van der Waals surface area contributed by atoms with Crippen LogP contribution in [0.2, 0.25) is 0 Å². The summed E-state index contributed by atoms with van der Waals surface area (Å²) < 4.78 is 27.1. The van der Waals surface area contributed by atoms with Crippen molar-refractivity contribution in [3.05, 3.63) is 23.8 Å². The maximum absolute atomic E-state index is 12.3. The highest BCUT2D eigenvalue weighted by molar-refractivity contribution is 7.89. The average molecular weight is 300 g/mol. The second kappa shape index (κ2) is 6.23. The monoisotopic (exact) mass is 300 g/mol. The fourth-order valence-corrected chi connectivity index (χ4v) is 3.46. The van der Waals surface area contributed by atoms with E-state index in [9.17, 15) is 13.2 Å². The maximum atomic E-state index is 12.3. The summed E-state index contributed by atoms with van der Waals surface area (Å²) in [4.78, 5) is 10.7. The molecule has 0 spiro atoms. The van der Waals surface area contributed by atoms with E-state index < -0.39 is 16.0 Å². The number of rotatable bonds is 6. The van der Waals surface area contributed by atoms with Crippen molar-refractivity contribution in [1.29, 1.82) is 0 Å². The summed E-state index contributed by atoms with van der Waals surface area (Å²) in [6.45, 7) is 5.74. The van der Waals surface area contributed by atoms with Gasteiger partial charge < -0.3 is 10.8 Å². The summed E-state index contributed by atoms with van der Waals surface area (Å²) in [7, 11) is -3.76. The largest absolute Gasteiger partial charge is 0.478 e. The number of aromatic carboxylic acids is 1. The first-order valence-electron chi connectivity index (χ1n) is 6.34. The summed E-state index contributed by atoms with van der Waals surface area (Å²) in [5.74, 6) is -1.00. The molecule has 1 aromatic carbocycles. The van der Waals surface area contributed by atoms with Crippen LogP contribution >= 0.6 is 0 Å². The normalized spacial score (nSPS) is 13.4. The number of anilines is 1. The molecule has 0 aromatic heterocycles. The van der Waals surface area contributed by atoms with Crippen molar-refractivity contribution in [2.45, 2.75) is 38.1 Å². The highest BCUT2D eigenvalue weighted by Crippen LogP contribution is 2.21. The number of nitrogens with one attached hydrogen (secondary N) is 1. The molecule has 0 bridgehead atoms. The molecule has 0 aliphatic heterocycles. The van der Waals surface area contributed by atoms with Crippen LogP contribution < -0.4 is 10.5 Å². The number of carboxylic acid groups (broad SMARTS) is 1. The number of nitrogen functional groups attached to an aromatic ring is 1. The lowest BCUT2D eigenvalue weighted by atomic mass is 10.0. The zero-order chi connectivity index (χ0) is 15.5. The lowest BCUT2D eigenvalue weighted by Gasteiger charge is -2.21. The van der Waals surface area contributed by atoms with E-state index >= 15 is 0 Å². The Bertz CT molecular complexity index is 596. The van der Waals surface area contributed by atoms with E-state index in [1.54, 1.807) is 0 Å². The SMILES string of the molecule is CCC(NS(=O)(=O)c1ccc(C(=O)O)cc1N)C(C)C. The Balaban J connectivity index is 3.13. The minimum absolute atomic E-state index is 0.0441. The molecule has 20 heavy (non-hydrogen) atoms. The third-order valence-electron chi connectivity index (χ3n) is 3.10. The Morgan fingerprint density at radius 2 is 2.00 bits per heavy atom. The average Bonchev–Trinajstić information content (AvgIpc) is 2.35. The standard InChI is InChI=1S/C13H20N2O4S/c1-4-11(8(2)3)15-20(18,19)12-6-5-9(13(16)17)7-10(12)14/h5-8,11,15H,4,14H2,1-3H3,(H,16,17). The van der Waals surface area contributed by atoms with E-state index in [4.69, 9.17) is 10.8 Å². The van der Waals surface area contributed by atoms with E-state index in [2.05, 4.69) is 4.72 Å². The molecular formula is C13H20N2O4S. The Kier molecular flexibility index (Phi) is 5.13. The predicted molar refractivity (Wildman–Crippen MR) is 77.1 cm³/mol. The molecule has 7 heteroatoms. The third-order valence-corrected chi connectivity index (χ3v) is 4.66. The molecule has 0 aliphatic carbocycles. The Morgan fingerprint density at radius 3 is 2.40 bits per heavy atom. The van der Waals surface area contributed by atoms with Gasteiger partial charge in [-0.15, -0.1) is 0 Å². The molecular weight excluding hydrogens is 280 g/mol. The molecule has 1 unspecified atom stereocenters. The first-order chi connectivity index (χ1) is 9.19. The van der Waals surface area contributed by atoms with Crippen molar-refractivity contribution >= 4 is 21.7 Å². The number of benzene rings is 1. The van der Waals surface area contributed by atoms with Crippen LogP contribution in [0.5, 0.6) is 0 Å². The molecule has 0 radical (unpaired) electrons. The fraction of sp³-hybridized carbons (Fsp3) is 0.462. The number of hydrogen-bond acceptors (Lipinski definition) is 4. The number of nitrogens with two attached hydrogens (primary N) is 1. The van der Waals surface area contributed by atoms with Crippen molar-refractivity contribution in [3.63, 3.8) is 0 Å². The molecule has 4 N–H and O–H groups in total. The van der Waals surface area contributed by atoms with Crippen molar-refractivity contribution in [2.24, 2.45) is 5.92 Å². The van der Waals surface area contributed by atoms with Crippen molar-refractivity contribution in [2.75, 3.05) is 5.73 Å². The van der Waals surface area contributed by atoms with Crippen LogP contribution in [0.4, 0.5) is 5.69 Å². The second-order valence-corrected chi connectivity index (χ2v) is 6.62. The van der Waals surface area contributed by atoms with Crippen LogP contribution in [-0.2, 0) is 10.0 Å². The van der Waals surface area contributed by atoms with Crippen LogP contribution in [0.1, 0.15) is 37.6 Å². The topological polar surface area (TPSA) is 109 Å². The molecule has 1 rings (SSSR count). The lowest BCUT2D eigenvalue weighted by molar-refractivity contribution is 0.0697. The number of carbonyl (C=O) groups is 1. The molecule has 6 nitrogen and oxygen atoms in total. The highest BCUT2D eigenvalue weighted by Gasteiger charge is 2.23. The van der Waals surface area contributed by atoms with Gasteiger partial charge in [-0.1, -0.05) is 20.8 Å².